The molecule has 1 aliphatic carbocycles. The lowest BCUT2D eigenvalue weighted by Gasteiger charge is -2.35. The fourth-order valence-corrected chi connectivity index (χ4v) is 3.03. The van der Waals surface area contributed by atoms with Crippen molar-refractivity contribution in [2.24, 2.45) is 11.7 Å². The smallest absolute Gasteiger partial charge is 0.129 e. The number of rotatable bonds is 3. The van der Waals surface area contributed by atoms with Crippen LogP contribution in [-0.4, -0.2) is 23.1 Å². The van der Waals surface area contributed by atoms with Gasteiger partial charge in [0.05, 0.1) is 0 Å². The van der Waals surface area contributed by atoms with Gasteiger partial charge >= 0.3 is 0 Å². The molecule has 0 amide bonds. The third-order valence-electron chi connectivity index (χ3n) is 4.04. The van der Waals surface area contributed by atoms with E-state index in [9.17, 15) is 0 Å². The van der Waals surface area contributed by atoms with Crippen molar-refractivity contribution in [3.63, 3.8) is 0 Å². The second-order valence-corrected chi connectivity index (χ2v) is 6.20. The highest BCUT2D eigenvalue weighted by molar-refractivity contribution is 7.80. The highest BCUT2D eigenvalue weighted by Crippen LogP contribution is 2.29. The van der Waals surface area contributed by atoms with E-state index in [0.717, 1.165) is 23.0 Å². The maximum Gasteiger partial charge on any atom is 0.129 e. The highest BCUT2D eigenvalue weighted by Gasteiger charge is 2.23. The van der Waals surface area contributed by atoms with Crippen LogP contribution in [0.4, 0.5) is 5.82 Å². The third kappa shape index (κ3) is 3.44. The summed E-state index contributed by atoms with van der Waals surface area (Å²) in [6, 6.07) is 4.54. The summed E-state index contributed by atoms with van der Waals surface area (Å²) in [6.45, 7) is 4.33. The van der Waals surface area contributed by atoms with Gasteiger partial charge in [0, 0.05) is 24.3 Å². The molecule has 0 saturated heterocycles. The molecule has 2 rings (SSSR count). The van der Waals surface area contributed by atoms with Gasteiger partial charge < -0.3 is 10.6 Å². The Bertz CT molecular complexity index is 472. The van der Waals surface area contributed by atoms with Gasteiger partial charge in [-0.3, -0.25) is 0 Å². The summed E-state index contributed by atoms with van der Waals surface area (Å²) in [5.74, 6) is 1.79. The van der Waals surface area contributed by atoms with Crippen molar-refractivity contribution in [1.29, 1.82) is 0 Å². The van der Waals surface area contributed by atoms with Gasteiger partial charge in [-0.25, -0.2) is 4.98 Å². The average molecular weight is 277 g/mol. The van der Waals surface area contributed by atoms with Crippen LogP contribution in [0.5, 0.6) is 0 Å². The minimum Gasteiger partial charge on any atom is -0.389 e. The quantitative estimate of drug-likeness (QED) is 0.862. The molecule has 2 N–H and O–H groups in total. The Morgan fingerprint density at radius 2 is 2.16 bits per heavy atom. The van der Waals surface area contributed by atoms with E-state index in [-0.39, 0.29) is 0 Å². The number of thiocarbonyl (C=S) groups is 1. The molecular weight excluding hydrogens is 254 g/mol. The predicted octanol–water partition coefficient (Wildman–Crippen LogP) is 3.04. The van der Waals surface area contributed by atoms with E-state index in [4.69, 9.17) is 18.0 Å². The summed E-state index contributed by atoms with van der Waals surface area (Å²) < 4.78 is 0. The molecule has 1 aromatic heterocycles. The van der Waals surface area contributed by atoms with Crippen LogP contribution in [0.25, 0.3) is 0 Å². The molecule has 0 aromatic carbocycles. The van der Waals surface area contributed by atoms with Gasteiger partial charge in [-0.2, -0.15) is 0 Å². The Labute approximate surface area is 121 Å². The molecule has 104 valence electrons. The Kier molecular flexibility index (Phi) is 4.40. The molecular formula is C15H23N3S. The van der Waals surface area contributed by atoms with Gasteiger partial charge in [0.25, 0.3) is 0 Å². The zero-order valence-corrected chi connectivity index (χ0v) is 12.8. The number of anilines is 1. The molecule has 4 heteroatoms. The van der Waals surface area contributed by atoms with Crippen LogP contribution in [0.15, 0.2) is 12.1 Å². The summed E-state index contributed by atoms with van der Waals surface area (Å²) in [6.07, 6.45) is 5.15. The van der Waals surface area contributed by atoms with Crippen molar-refractivity contribution < 1.29 is 0 Å². The summed E-state index contributed by atoms with van der Waals surface area (Å²) in [5, 5.41) is 0. The summed E-state index contributed by atoms with van der Waals surface area (Å²) >= 11 is 5.07. The van der Waals surface area contributed by atoms with Crippen LogP contribution in [0.3, 0.4) is 0 Å². The van der Waals surface area contributed by atoms with Gasteiger partial charge in [-0.1, -0.05) is 32.0 Å². The Morgan fingerprint density at radius 3 is 2.79 bits per heavy atom. The van der Waals surface area contributed by atoms with Crippen LogP contribution >= 0.6 is 12.2 Å². The van der Waals surface area contributed by atoms with Gasteiger partial charge in [-0.15, -0.1) is 0 Å². The monoisotopic (exact) mass is 277 g/mol. The number of hydrogen-bond donors (Lipinski definition) is 1. The molecule has 1 saturated carbocycles. The van der Waals surface area contributed by atoms with Gasteiger partial charge in [-0.05, 0) is 37.8 Å². The standard InChI is InChI=1S/C15H23N3S/c1-10-5-4-6-13(7-10)18(3)14-9-12(15(16)19)8-11(2)17-14/h8-10,13H,4-7H2,1-3H3,(H2,16,19). The van der Waals surface area contributed by atoms with Crippen LogP contribution in [0.2, 0.25) is 0 Å². The van der Waals surface area contributed by atoms with Crippen LogP contribution in [0, 0.1) is 12.8 Å². The normalized spacial score (nSPS) is 23.1. The molecule has 0 radical (unpaired) electrons. The molecule has 2 unspecified atom stereocenters. The van der Waals surface area contributed by atoms with E-state index in [0.29, 0.717) is 11.0 Å². The zero-order chi connectivity index (χ0) is 14.0. The van der Waals surface area contributed by atoms with Crippen LogP contribution in [-0.2, 0) is 0 Å². The third-order valence-corrected chi connectivity index (χ3v) is 4.28. The van der Waals surface area contributed by atoms with Crippen molar-refractivity contribution in [1.82, 2.24) is 4.98 Å². The largest absolute Gasteiger partial charge is 0.389 e. The lowest BCUT2D eigenvalue weighted by atomic mass is 9.86. The first kappa shape index (κ1) is 14.3. The Morgan fingerprint density at radius 1 is 1.42 bits per heavy atom. The Balaban J connectivity index is 2.22. The molecule has 1 aromatic rings. The van der Waals surface area contributed by atoms with E-state index >= 15 is 0 Å². The van der Waals surface area contributed by atoms with Gasteiger partial charge in [0.2, 0.25) is 0 Å². The van der Waals surface area contributed by atoms with E-state index in [1.165, 1.54) is 25.7 Å². The number of aryl methyl sites for hydroxylation is 1. The zero-order valence-electron chi connectivity index (χ0n) is 12.0. The predicted molar refractivity (Wildman–Crippen MR) is 84.7 cm³/mol. The molecule has 0 bridgehead atoms. The second kappa shape index (κ2) is 5.87. The lowest BCUT2D eigenvalue weighted by molar-refractivity contribution is 0.335. The molecule has 1 aliphatic rings. The van der Waals surface area contributed by atoms with Crippen molar-refractivity contribution in [2.75, 3.05) is 11.9 Å². The minimum atomic E-state index is 0.442. The summed E-state index contributed by atoms with van der Waals surface area (Å²) in [7, 11) is 2.13. The first-order chi connectivity index (χ1) is 8.97. The van der Waals surface area contributed by atoms with Crippen molar-refractivity contribution in [3.8, 4) is 0 Å². The first-order valence-electron chi connectivity index (χ1n) is 6.98. The van der Waals surface area contributed by atoms with E-state index in [1.807, 2.05) is 19.1 Å². The number of aromatic nitrogens is 1. The van der Waals surface area contributed by atoms with Crippen molar-refractivity contribution >= 4 is 23.0 Å². The van der Waals surface area contributed by atoms with Gasteiger partial charge in [0.15, 0.2) is 0 Å². The van der Waals surface area contributed by atoms with E-state index in [2.05, 4.69) is 23.9 Å². The molecule has 0 spiro atoms. The highest BCUT2D eigenvalue weighted by atomic mass is 32.1. The topological polar surface area (TPSA) is 42.1 Å². The lowest BCUT2D eigenvalue weighted by Crippen LogP contribution is -2.36. The average Bonchev–Trinajstić information content (AvgIpc) is 2.37. The summed E-state index contributed by atoms with van der Waals surface area (Å²) in [5.41, 5.74) is 7.62. The fourth-order valence-electron chi connectivity index (χ4n) is 2.91. The number of nitrogens with zero attached hydrogens (tertiary/aromatic N) is 2. The van der Waals surface area contributed by atoms with Crippen molar-refractivity contribution in [3.05, 3.63) is 23.4 Å². The van der Waals surface area contributed by atoms with Crippen LogP contribution < -0.4 is 10.6 Å². The van der Waals surface area contributed by atoms with E-state index in [1.54, 1.807) is 0 Å². The minimum absolute atomic E-state index is 0.442. The van der Waals surface area contributed by atoms with Crippen molar-refractivity contribution in [2.45, 2.75) is 45.6 Å². The molecule has 0 aliphatic heterocycles. The molecule has 1 fully saturated rings. The second-order valence-electron chi connectivity index (χ2n) is 5.76. The molecule has 1 heterocycles. The summed E-state index contributed by atoms with van der Waals surface area (Å²) in [4.78, 5) is 7.37. The SMILES string of the molecule is Cc1cc(C(N)=S)cc(N(C)C2CCCC(C)C2)n1. The fraction of sp³-hybridized carbons (Fsp3) is 0.600. The first-order valence-corrected chi connectivity index (χ1v) is 7.39. The molecule has 2 atom stereocenters. The Hall–Kier alpha value is -1.16. The number of hydrogen-bond acceptors (Lipinski definition) is 3. The maximum atomic E-state index is 5.74. The van der Waals surface area contributed by atoms with E-state index < -0.39 is 0 Å². The van der Waals surface area contributed by atoms with Gasteiger partial charge in [0.1, 0.15) is 10.8 Å². The van der Waals surface area contributed by atoms with Crippen LogP contribution in [0.1, 0.15) is 43.9 Å². The molecule has 3 nitrogen and oxygen atoms in total. The number of pyridine rings is 1. The number of nitrogens with two attached hydrogens (primary N) is 1. The molecule has 19 heavy (non-hydrogen) atoms. The maximum absolute atomic E-state index is 5.74.